The summed E-state index contributed by atoms with van der Waals surface area (Å²) in [5.74, 6) is 0. The highest BCUT2D eigenvalue weighted by molar-refractivity contribution is 5.48. The Morgan fingerprint density at radius 2 is 2.00 bits per heavy atom. The molecule has 3 rings (SSSR count). The van der Waals surface area contributed by atoms with Gasteiger partial charge in [0.1, 0.15) is 0 Å². The lowest BCUT2D eigenvalue weighted by Crippen LogP contribution is -2.33. The van der Waals surface area contributed by atoms with E-state index in [1.54, 1.807) is 0 Å². The lowest BCUT2D eigenvalue weighted by molar-refractivity contribution is 0.319. The number of hydrogen-bond acceptors (Lipinski definition) is 2. The average Bonchev–Trinajstić information content (AvgIpc) is 3.16. The molecule has 1 N–H and O–H groups in total. The van der Waals surface area contributed by atoms with Crippen LogP contribution >= 0.6 is 0 Å². The molecule has 1 heterocycles. The predicted molar refractivity (Wildman–Crippen MR) is 76.5 cm³/mol. The molecule has 2 fully saturated rings. The molecule has 0 radical (unpaired) electrons. The molecule has 0 bridgehead atoms. The molecule has 2 aliphatic rings. The van der Waals surface area contributed by atoms with Gasteiger partial charge in [0.05, 0.1) is 0 Å². The van der Waals surface area contributed by atoms with E-state index >= 15 is 0 Å². The summed E-state index contributed by atoms with van der Waals surface area (Å²) in [6.07, 6.45) is 8.60. The highest BCUT2D eigenvalue weighted by Gasteiger charge is 2.33. The van der Waals surface area contributed by atoms with Crippen LogP contribution in [-0.4, -0.2) is 36.6 Å². The van der Waals surface area contributed by atoms with Gasteiger partial charge in [0.2, 0.25) is 0 Å². The maximum Gasteiger partial charge on any atom is 0.0210 e. The predicted octanol–water partition coefficient (Wildman–Crippen LogP) is 2.53. The molecule has 1 saturated heterocycles. The molecule has 0 amide bonds. The van der Waals surface area contributed by atoms with Gasteiger partial charge in [0.25, 0.3) is 0 Å². The Labute approximate surface area is 110 Å². The number of hydrogen-bond donors (Lipinski definition) is 1. The standard InChI is InChI=1S/C16H22N2/c1-2-5-14(6-3-1)7-4-11-17-15-10-12-18(13-15)16-8-9-16/h1-7,15-17H,8-13H2/b7-4+. The highest BCUT2D eigenvalue weighted by Crippen LogP contribution is 2.29. The van der Waals surface area contributed by atoms with Crippen molar-refractivity contribution in [1.29, 1.82) is 0 Å². The molecule has 96 valence electrons. The molecule has 1 unspecified atom stereocenters. The fraction of sp³-hybridized carbons (Fsp3) is 0.500. The second kappa shape index (κ2) is 5.68. The van der Waals surface area contributed by atoms with Crippen LogP contribution in [0.2, 0.25) is 0 Å². The first-order valence-electron chi connectivity index (χ1n) is 7.11. The normalized spacial score (nSPS) is 25.0. The maximum absolute atomic E-state index is 3.64. The van der Waals surface area contributed by atoms with Crippen molar-refractivity contribution in [3.8, 4) is 0 Å². The van der Waals surface area contributed by atoms with Gasteiger partial charge in [0.15, 0.2) is 0 Å². The first-order chi connectivity index (χ1) is 8.92. The molecule has 0 aromatic heterocycles. The Balaban J connectivity index is 1.38. The third kappa shape index (κ3) is 3.21. The van der Waals surface area contributed by atoms with Crippen molar-refractivity contribution in [2.75, 3.05) is 19.6 Å². The smallest absolute Gasteiger partial charge is 0.0210 e. The Bertz CT molecular complexity index is 395. The van der Waals surface area contributed by atoms with Crippen molar-refractivity contribution in [3.63, 3.8) is 0 Å². The average molecular weight is 242 g/mol. The molecular weight excluding hydrogens is 220 g/mol. The Hall–Kier alpha value is -1.12. The second-order valence-corrected chi connectivity index (χ2v) is 5.43. The van der Waals surface area contributed by atoms with Crippen LogP contribution in [0, 0.1) is 0 Å². The number of nitrogens with zero attached hydrogens (tertiary/aromatic N) is 1. The zero-order valence-electron chi connectivity index (χ0n) is 10.9. The van der Waals surface area contributed by atoms with Gasteiger partial charge in [-0.3, -0.25) is 4.90 Å². The summed E-state index contributed by atoms with van der Waals surface area (Å²) in [4.78, 5) is 2.65. The fourth-order valence-corrected chi connectivity index (χ4v) is 2.72. The molecular formula is C16H22N2. The van der Waals surface area contributed by atoms with E-state index in [1.807, 2.05) is 0 Å². The summed E-state index contributed by atoms with van der Waals surface area (Å²) in [6, 6.07) is 12.1. The molecule has 1 atom stereocenters. The van der Waals surface area contributed by atoms with Crippen LogP contribution in [0.1, 0.15) is 24.8 Å². The van der Waals surface area contributed by atoms with Crippen LogP contribution in [0.15, 0.2) is 36.4 Å². The molecule has 1 aromatic rings. The van der Waals surface area contributed by atoms with Crippen LogP contribution in [0.3, 0.4) is 0 Å². The number of likely N-dealkylation sites (tertiary alicyclic amines) is 1. The van der Waals surface area contributed by atoms with Gasteiger partial charge >= 0.3 is 0 Å². The molecule has 1 aliphatic heterocycles. The van der Waals surface area contributed by atoms with E-state index in [0.717, 1.165) is 12.6 Å². The van der Waals surface area contributed by atoms with Crippen LogP contribution in [0.4, 0.5) is 0 Å². The minimum Gasteiger partial charge on any atom is -0.309 e. The lowest BCUT2D eigenvalue weighted by Gasteiger charge is -2.14. The lowest BCUT2D eigenvalue weighted by atomic mass is 10.2. The SMILES string of the molecule is C(=C\c1ccccc1)/CNC1CCN(C2CC2)C1. The van der Waals surface area contributed by atoms with Gasteiger partial charge in [-0.25, -0.2) is 0 Å². The van der Waals surface area contributed by atoms with Crippen molar-refractivity contribution in [2.24, 2.45) is 0 Å². The van der Waals surface area contributed by atoms with Crippen molar-refractivity contribution in [2.45, 2.75) is 31.3 Å². The number of benzene rings is 1. The van der Waals surface area contributed by atoms with Crippen LogP contribution in [0.25, 0.3) is 6.08 Å². The third-order valence-corrected chi connectivity index (χ3v) is 3.92. The molecule has 1 aromatic carbocycles. The first kappa shape index (κ1) is 11.9. The summed E-state index contributed by atoms with van der Waals surface area (Å²) in [6.45, 7) is 3.53. The topological polar surface area (TPSA) is 15.3 Å². The summed E-state index contributed by atoms with van der Waals surface area (Å²) >= 11 is 0. The van der Waals surface area contributed by atoms with Gasteiger partial charge < -0.3 is 5.32 Å². The molecule has 1 saturated carbocycles. The monoisotopic (exact) mass is 242 g/mol. The van der Waals surface area contributed by atoms with Crippen molar-refractivity contribution < 1.29 is 0 Å². The molecule has 18 heavy (non-hydrogen) atoms. The molecule has 0 spiro atoms. The van der Waals surface area contributed by atoms with Crippen molar-refractivity contribution in [3.05, 3.63) is 42.0 Å². The maximum atomic E-state index is 3.64. The van der Waals surface area contributed by atoms with E-state index in [1.165, 1.54) is 37.9 Å². The van der Waals surface area contributed by atoms with E-state index < -0.39 is 0 Å². The zero-order chi connectivity index (χ0) is 12.2. The van der Waals surface area contributed by atoms with Crippen LogP contribution in [-0.2, 0) is 0 Å². The van der Waals surface area contributed by atoms with Crippen molar-refractivity contribution in [1.82, 2.24) is 10.2 Å². The van der Waals surface area contributed by atoms with E-state index in [4.69, 9.17) is 0 Å². The minimum atomic E-state index is 0.700. The van der Waals surface area contributed by atoms with Gasteiger partial charge in [-0.2, -0.15) is 0 Å². The second-order valence-electron chi connectivity index (χ2n) is 5.43. The summed E-state index contributed by atoms with van der Waals surface area (Å²) in [5, 5.41) is 3.64. The number of rotatable bonds is 5. The first-order valence-corrected chi connectivity index (χ1v) is 7.11. The van der Waals surface area contributed by atoms with Gasteiger partial charge in [0, 0.05) is 31.7 Å². The van der Waals surface area contributed by atoms with Crippen molar-refractivity contribution >= 4 is 6.08 Å². The Morgan fingerprint density at radius 1 is 1.17 bits per heavy atom. The van der Waals surface area contributed by atoms with Gasteiger partial charge in [-0.15, -0.1) is 0 Å². The quantitative estimate of drug-likeness (QED) is 0.853. The summed E-state index contributed by atoms with van der Waals surface area (Å²) in [7, 11) is 0. The third-order valence-electron chi connectivity index (χ3n) is 3.92. The van der Waals surface area contributed by atoms with E-state index in [9.17, 15) is 0 Å². The van der Waals surface area contributed by atoms with E-state index in [-0.39, 0.29) is 0 Å². The molecule has 2 heteroatoms. The van der Waals surface area contributed by atoms with E-state index in [2.05, 4.69) is 52.7 Å². The summed E-state index contributed by atoms with van der Waals surface area (Å²) in [5.41, 5.74) is 1.28. The van der Waals surface area contributed by atoms with Crippen LogP contribution < -0.4 is 5.32 Å². The van der Waals surface area contributed by atoms with Gasteiger partial charge in [-0.05, 0) is 24.8 Å². The Morgan fingerprint density at radius 3 is 2.78 bits per heavy atom. The van der Waals surface area contributed by atoms with Gasteiger partial charge in [-0.1, -0.05) is 42.5 Å². The largest absolute Gasteiger partial charge is 0.309 e. The fourth-order valence-electron chi connectivity index (χ4n) is 2.72. The molecule has 2 nitrogen and oxygen atoms in total. The highest BCUT2D eigenvalue weighted by atomic mass is 15.2. The summed E-state index contributed by atoms with van der Waals surface area (Å²) < 4.78 is 0. The zero-order valence-corrected chi connectivity index (χ0v) is 10.9. The minimum absolute atomic E-state index is 0.700. The van der Waals surface area contributed by atoms with Crippen LogP contribution in [0.5, 0.6) is 0 Å². The number of nitrogens with one attached hydrogen (secondary N) is 1. The Kier molecular flexibility index (Phi) is 3.77. The van der Waals surface area contributed by atoms with E-state index in [0.29, 0.717) is 6.04 Å². The molecule has 1 aliphatic carbocycles.